The van der Waals surface area contributed by atoms with Gasteiger partial charge in [0.2, 0.25) is 0 Å². The van der Waals surface area contributed by atoms with Crippen LogP contribution in [0, 0.1) is 0 Å². The van der Waals surface area contributed by atoms with Gasteiger partial charge in [0.05, 0.1) is 0 Å². The Balaban J connectivity index is 3.07. The van der Waals surface area contributed by atoms with Gasteiger partial charge < -0.3 is 5.73 Å². The Hall–Kier alpha value is -0.530. The van der Waals surface area contributed by atoms with Gasteiger partial charge in [0.1, 0.15) is 6.33 Å². The van der Waals surface area contributed by atoms with Crippen LogP contribution in [0.3, 0.4) is 0 Å². The van der Waals surface area contributed by atoms with E-state index in [-0.39, 0.29) is 0 Å². The van der Waals surface area contributed by atoms with Crippen molar-refractivity contribution in [3.63, 3.8) is 0 Å². The second kappa shape index (κ2) is 5.60. The summed E-state index contributed by atoms with van der Waals surface area (Å²) in [4.78, 5) is 0. The van der Waals surface area contributed by atoms with Crippen molar-refractivity contribution in [1.82, 2.24) is 0 Å². The molecule has 0 saturated heterocycles. The molecule has 0 fully saturated rings. The van der Waals surface area contributed by atoms with Crippen molar-refractivity contribution in [3.05, 3.63) is 12.0 Å². The van der Waals surface area contributed by atoms with Gasteiger partial charge >= 0.3 is 0 Å². The molecule has 0 aromatic heterocycles. The van der Waals surface area contributed by atoms with E-state index in [9.17, 15) is 4.39 Å². The molecule has 0 unspecified atom stereocenters. The molecule has 0 aliphatic heterocycles. The molecule has 0 aromatic rings. The van der Waals surface area contributed by atoms with E-state index in [1.54, 1.807) is 0 Å². The second-order valence-corrected chi connectivity index (χ2v) is 2.14. The predicted molar refractivity (Wildman–Crippen MR) is 37.5 cm³/mol. The molecule has 0 atom stereocenters. The molecular weight excluding hydrogens is 117 g/mol. The summed E-state index contributed by atoms with van der Waals surface area (Å²) in [5, 5.41) is 0. The lowest BCUT2D eigenvalue weighted by Gasteiger charge is -1.95. The van der Waals surface area contributed by atoms with Gasteiger partial charge in [0, 0.05) is 5.70 Å². The highest BCUT2D eigenvalue weighted by Gasteiger charge is 1.88. The largest absolute Gasteiger partial charge is 0.400 e. The lowest BCUT2D eigenvalue weighted by atomic mass is 10.2. The summed E-state index contributed by atoms with van der Waals surface area (Å²) in [6.07, 6.45) is 4.47. The van der Waals surface area contributed by atoms with Crippen LogP contribution in [0.4, 0.5) is 4.39 Å². The molecule has 9 heavy (non-hydrogen) atoms. The molecule has 0 bridgehead atoms. The van der Waals surface area contributed by atoms with Crippen molar-refractivity contribution >= 4 is 0 Å². The van der Waals surface area contributed by atoms with Crippen LogP contribution in [0.15, 0.2) is 12.0 Å². The first-order valence-electron chi connectivity index (χ1n) is 3.36. The summed E-state index contributed by atoms with van der Waals surface area (Å²) in [6, 6.07) is 0. The maximum atomic E-state index is 11.5. The van der Waals surface area contributed by atoms with Gasteiger partial charge in [-0.3, -0.25) is 0 Å². The summed E-state index contributed by atoms with van der Waals surface area (Å²) in [6.45, 7) is 2.11. The van der Waals surface area contributed by atoms with Crippen LogP contribution >= 0.6 is 0 Å². The number of rotatable bonds is 4. The number of hydrogen-bond acceptors (Lipinski definition) is 1. The van der Waals surface area contributed by atoms with Crippen LogP contribution in [-0.2, 0) is 0 Å². The fraction of sp³-hybridized carbons (Fsp3) is 0.714. The molecule has 0 saturated carbocycles. The van der Waals surface area contributed by atoms with Gasteiger partial charge in [-0.05, 0) is 12.8 Å². The topological polar surface area (TPSA) is 26.0 Å². The molecule has 0 aromatic carbocycles. The second-order valence-electron chi connectivity index (χ2n) is 2.14. The third kappa shape index (κ3) is 5.34. The quantitative estimate of drug-likeness (QED) is 0.582. The lowest BCUT2D eigenvalue weighted by molar-refractivity contribution is 0.665. The van der Waals surface area contributed by atoms with Crippen LogP contribution in [0.25, 0.3) is 0 Å². The van der Waals surface area contributed by atoms with Crippen LogP contribution in [0.5, 0.6) is 0 Å². The minimum Gasteiger partial charge on any atom is -0.400 e. The zero-order valence-electron chi connectivity index (χ0n) is 5.86. The Kier molecular flexibility index (Phi) is 5.27. The first-order valence-corrected chi connectivity index (χ1v) is 3.36. The highest BCUT2D eigenvalue weighted by atomic mass is 19.1. The summed E-state index contributed by atoms with van der Waals surface area (Å²) in [7, 11) is 0. The Morgan fingerprint density at radius 2 is 2.22 bits per heavy atom. The van der Waals surface area contributed by atoms with Crippen molar-refractivity contribution in [2.45, 2.75) is 32.6 Å². The van der Waals surface area contributed by atoms with E-state index >= 15 is 0 Å². The highest BCUT2D eigenvalue weighted by Crippen LogP contribution is 2.03. The summed E-state index contributed by atoms with van der Waals surface area (Å²) in [5.74, 6) is 0. The van der Waals surface area contributed by atoms with E-state index in [0.717, 1.165) is 19.3 Å². The van der Waals surface area contributed by atoms with Gasteiger partial charge in [0.15, 0.2) is 0 Å². The Labute approximate surface area is 55.7 Å². The molecule has 0 heterocycles. The normalized spacial score (nSPS) is 12.0. The average molecular weight is 131 g/mol. The van der Waals surface area contributed by atoms with E-state index in [1.165, 1.54) is 0 Å². The first kappa shape index (κ1) is 8.47. The molecule has 0 aliphatic rings. The lowest BCUT2D eigenvalue weighted by Crippen LogP contribution is -1.94. The fourth-order valence-corrected chi connectivity index (χ4v) is 0.634. The van der Waals surface area contributed by atoms with Crippen LogP contribution in [0.2, 0.25) is 0 Å². The van der Waals surface area contributed by atoms with E-state index in [0.29, 0.717) is 18.4 Å². The fourth-order valence-electron chi connectivity index (χ4n) is 0.634. The van der Waals surface area contributed by atoms with Crippen molar-refractivity contribution < 1.29 is 4.39 Å². The average Bonchev–Trinajstić information content (AvgIpc) is 1.89. The van der Waals surface area contributed by atoms with Crippen LogP contribution in [-0.4, -0.2) is 0 Å². The van der Waals surface area contributed by atoms with Crippen molar-refractivity contribution in [3.8, 4) is 0 Å². The van der Waals surface area contributed by atoms with Crippen molar-refractivity contribution in [2.24, 2.45) is 5.73 Å². The minimum absolute atomic E-state index is 0.364. The van der Waals surface area contributed by atoms with Crippen molar-refractivity contribution in [1.29, 1.82) is 0 Å². The van der Waals surface area contributed by atoms with Crippen LogP contribution < -0.4 is 5.73 Å². The van der Waals surface area contributed by atoms with Crippen LogP contribution in [0.1, 0.15) is 32.6 Å². The number of nitrogens with two attached hydrogens (primary N) is 1. The molecule has 0 spiro atoms. The van der Waals surface area contributed by atoms with Gasteiger partial charge in [-0.1, -0.05) is 19.8 Å². The maximum Gasteiger partial charge on any atom is 0.105 e. The molecule has 0 radical (unpaired) electrons. The minimum atomic E-state index is 0.364. The molecule has 1 nitrogen and oxygen atoms in total. The molecule has 2 N–H and O–H groups in total. The molecule has 2 heteroatoms. The highest BCUT2D eigenvalue weighted by molar-refractivity contribution is 4.89. The van der Waals surface area contributed by atoms with Gasteiger partial charge in [-0.2, -0.15) is 0 Å². The first-order chi connectivity index (χ1) is 4.31. The maximum absolute atomic E-state index is 11.5. The number of unbranched alkanes of at least 4 members (excludes halogenated alkanes) is 2. The zero-order valence-corrected chi connectivity index (χ0v) is 5.86. The third-order valence-corrected chi connectivity index (χ3v) is 1.21. The van der Waals surface area contributed by atoms with Gasteiger partial charge in [0.25, 0.3) is 0 Å². The predicted octanol–water partition coefficient (Wildman–Crippen LogP) is 2.34. The Bertz CT molecular complexity index is 88.9. The number of allylic oxidation sites excluding steroid dienone is 1. The van der Waals surface area contributed by atoms with Gasteiger partial charge in [-0.15, -0.1) is 0 Å². The number of hydrogen-bond donors (Lipinski definition) is 1. The van der Waals surface area contributed by atoms with Gasteiger partial charge in [-0.25, -0.2) is 4.39 Å². The molecule has 54 valence electrons. The Morgan fingerprint density at radius 1 is 1.56 bits per heavy atom. The van der Waals surface area contributed by atoms with E-state index in [4.69, 9.17) is 5.73 Å². The number of halogens is 1. The zero-order chi connectivity index (χ0) is 7.11. The third-order valence-electron chi connectivity index (χ3n) is 1.21. The summed E-state index contributed by atoms with van der Waals surface area (Å²) >= 11 is 0. The SMILES string of the molecule is CCCCC/C(N)=C/F. The molecular formula is C7H14FN. The Morgan fingerprint density at radius 3 is 2.67 bits per heavy atom. The molecule has 0 amide bonds. The monoisotopic (exact) mass is 131 g/mol. The smallest absolute Gasteiger partial charge is 0.105 e. The van der Waals surface area contributed by atoms with E-state index in [1.807, 2.05) is 0 Å². The van der Waals surface area contributed by atoms with Crippen molar-refractivity contribution in [2.75, 3.05) is 0 Å². The standard InChI is InChI=1S/C7H14FN/c1-2-3-4-5-7(9)6-8/h6H,2-5,9H2,1H3/b7-6-. The molecule has 0 aliphatic carbocycles. The molecule has 0 rings (SSSR count). The van der Waals surface area contributed by atoms with E-state index in [2.05, 4.69) is 6.92 Å². The summed E-state index contributed by atoms with van der Waals surface area (Å²) in [5.41, 5.74) is 5.56. The van der Waals surface area contributed by atoms with E-state index < -0.39 is 0 Å². The summed E-state index contributed by atoms with van der Waals surface area (Å²) < 4.78 is 11.5.